The van der Waals surface area contributed by atoms with Gasteiger partial charge in [-0.15, -0.1) is 0 Å². The molecule has 1 atom stereocenters. The van der Waals surface area contributed by atoms with Crippen LogP contribution in [-0.2, 0) is 0 Å². The summed E-state index contributed by atoms with van der Waals surface area (Å²) >= 11 is 0. The van der Waals surface area contributed by atoms with Crippen molar-refractivity contribution in [2.24, 2.45) is 5.92 Å². The molecule has 0 radical (unpaired) electrons. The molecule has 0 amide bonds. The third-order valence-electron chi connectivity index (χ3n) is 5.40. The molecular weight excluding hydrogens is 294 g/mol. The maximum Gasteiger partial charge on any atom is 0.0646 e. The zero-order chi connectivity index (χ0) is 17.4. The first-order chi connectivity index (χ1) is 11.6. The van der Waals surface area contributed by atoms with Gasteiger partial charge in [0.1, 0.15) is 0 Å². The molecule has 1 unspecified atom stereocenters. The Morgan fingerprint density at radius 2 is 1.83 bits per heavy atom. The van der Waals surface area contributed by atoms with Crippen molar-refractivity contribution in [2.45, 2.75) is 91.0 Å². The van der Waals surface area contributed by atoms with Gasteiger partial charge >= 0.3 is 0 Å². The van der Waals surface area contributed by atoms with E-state index in [0.29, 0.717) is 12.0 Å². The number of unbranched alkanes of at least 4 members (excludes halogenated alkanes) is 4. The van der Waals surface area contributed by atoms with E-state index in [2.05, 4.69) is 54.8 Å². The molecule has 1 fully saturated rings. The quantitative estimate of drug-likeness (QED) is 0.517. The van der Waals surface area contributed by atoms with Gasteiger partial charge in [-0.2, -0.15) is 5.10 Å². The SMILES string of the molecule is CC(C)CCCCCCCN1CCCC(n2cc(C(C)C)cn2)C1. The summed E-state index contributed by atoms with van der Waals surface area (Å²) in [5.74, 6) is 1.45. The first kappa shape index (κ1) is 19.5. The van der Waals surface area contributed by atoms with Gasteiger partial charge in [0.2, 0.25) is 0 Å². The second-order valence-electron chi connectivity index (χ2n) is 8.46. The molecule has 1 aliphatic rings. The van der Waals surface area contributed by atoms with Gasteiger partial charge in [-0.05, 0) is 49.8 Å². The average Bonchev–Trinajstić information content (AvgIpc) is 3.04. The van der Waals surface area contributed by atoms with Crippen LogP contribution in [0.1, 0.15) is 96.6 Å². The third-order valence-corrected chi connectivity index (χ3v) is 5.40. The lowest BCUT2D eigenvalue weighted by molar-refractivity contribution is 0.167. The molecule has 3 nitrogen and oxygen atoms in total. The highest BCUT2D eigenvalue weighted by atomic mass is 15.3. The summed E-state index contributed by atoms with van der Waals surface area (Å²) in [4.78, 5) is 2.67. The van der Waals surface area contributed by atoms with Gasteiger partial charge in [-0.3, -0.25) is 4.68 Å². The van der Waals surface area contributed by atoms with Crippen LogP contribution in [0.3, 0.4) is 0 Å². The van der Waals surface area contributed by atoms with Crippen LogP contribution in [-0.4, -0.2) is 34.3 Å². The summed E-state index contributed by atoms with van der Waals surface area (Å²) in [7, 11) is 0. The van der Waals surface area contributed by atoms with Gasteiger partial charge in [0.25, 0.3) is 0 Å². The average molecular weight is 334 g/mol. The number of likely N-dealkylation sites (tertiary alicyclic amines) is 1. The van der Waals surface area contributed by atoms with E-state index in [1.807, 2.05) is 0 Å². The lowest BCUT2D eigenvalue weighted by Gasteiger charge is -2.32. The molecule has 0 spiro atoms. The molecule has 1 aromatic rings. The van der Waals surface area contributed by atoms with Crippen molar-refractivity contribution >= 4 is 0 Å². The van der Waals surface area contributed by atoms with Gasteiger partial charge in [-0.25, -0.2) is 0 Å². The fourth-order valence-electron chi connectivity index (χ4n) is 3.72. The van der Waals surface area contributed by atoms with E-state index in [4.69, 9.17) is 0 Å². The van der Waals surface area contributed by atoms with Crippen molar-refractivity contribution in [2.75, 3.05) is 19.6 Å². The summed E-state index contributed by atoms with van der Waals surface area (Å²) in [5.41, 5.74) is 1.37. The van der Waals surface area contributed by atoms with Gasteiger partial charge in [0.15, 0.2) is 0 Å². The molecule has 0 aromatic carbocycles. The molecule has 24 heavy (non-hydrogen) atoms. The highest BCUT2D eigenvalue weighted by Crippen LogP contribution is 2.23. The molecule has 0 N–H and O–H groups in total. The number of hydrogen-bond donors (Lipinski definition) is 0. The molecule has 1 saturated heterocycles. The lowest BCUT2D eigenvalue weighted by atomic mass is 10.0. The maximum atomic E-state index is 4.63. The topological polar surface area (TPSA) is 21.1 Å². The van der Waals surface area contributed by atoms with Crippen LogP contribution in [0.2, 0.25) is 0 Å². The van der Waals surface area contributed by atoms with Gasteiger partial charge in [0.05, 0.1) is 12.2 Å². The second-order valence-corrected chi connectivity index (χ2v) is 8.46. The summed E-state index contributed by atoms with van der Waals surface area (Å²) in [5, 5.41) is 4.63. The van der Waals surface area contributed by atoms with Gasteiger partial charge < -0.3 is 4.90 Å². The maximum absolute atomic E-state index is 4.63. The summed E-state index contributed by atoms with van der Waals surface area (Å²) in [6.45, 7) is 12.9. The molecular formula is C21H39N3. The van der Waals surface area contributed by atoms with Crippen LogP contribution >= 0.6 is 0 Å². The minimum Gasteiger partial charge on any atom is -0.301 e. The molecule has 0 aliphatic carbocycles. The van der Waals surface area contributed by atoms with Crippen molar-refractivity contribution in [1.82, 2.24) is 14.7 Å². The minimum absolute atomic E-state index is 0.578. The Kier molecular flexibility index (Phi) is 8.31. The van der Waals surface area contributed by atoms with Crippen molar-refractivity contribution in [1.29, 1.82) is 0 Å². The lowest BCUT2D eigenvalue weighted by Crippen LogP contribution is -2.37. The number of rotatable bonds is 10. The molecule has 0 saturated carbocycles. The van der Waals surface area contributed by atoms with E-state index >= 15 is 0 Å². The molecule has 1 aromatic heterocycles. The molecule has 2 heterocycles. The smallest absolute Gasteiger partial charge is 0.0646 e. The number of piperidine rings is 1. The third kappa shape index (κ3) is 6.58. The van der Waals surface area contributed by atoms with E-state index in [1.54, 1.807) is 0 Å². The highest BCUT2D eigenvalue weighted by Gasteiger charge is 2.21. The standard InChI is InChI=1S/C21H39N3/c1-18(2)11-8-6-5-7-9-13-23-14-10-12-21(17-23)24-16-20(15-22-24)19(3)4/h15-16,18-19,21H,5-14,17H2,1-4H3. The first-order valence-corrected chi connectivity index (χ1v) is 10.3. The molecule has 2 rings (SSSR count). The number of hydrogen-bond acceptors (Lipinski definition) is 2. The Labute approximate surface area is 149 Å². The van der Waals surface area contributed by atoms with Crippen molar-refractivity contribution < 1.29 is 0 Å². The summed E-state index contributed by atoms with van der Waals surface area (Å²) in [6.07, 6.45) is 15.3. The van der Waals surface area contributed by atoms with Gasteiger partial charge in [0, 0.05) is 12.7 Å². The predicted octanol–water partition coefficient (Wildman–Crippen LogP) is 5.64. The molecule has 138 valence electrons. The zero-order valence-corrected chi connectivity index (χ0v) is 16.5. The largest absolute Gasteiger partial charge is 0.301 e. The van der Waals surface area contributed by atoms with Crippen LogP contribution in [0, 0.1) is 5.92 Å². The van der Waals surface area contributed by atoms with Crippen LogP contribution in [0.5, 0.6) is 0 Å². The first-order valence-electron chi connectivity index (χ1n) is 10.3. The van der Waals surface area contributed by atoms with E-state index in [1.165, 1.54) is 76.6 Å². The number of aromatic nitrogens is 2. The minimum atomic E-state index is 0.578. The normalized spacial score (nSPS) is 19.5. The fourth-order valence-corrected chi connectivity index (χ4v) is 3.72. The Morgan fingerprint density at radius 3 is 2.54 bits per heavy atom. The van der Waals surface area contributed by atoms with E-state index < -0.39 is 0 Å². The summed E-state index contributed by atoms with van der Waals surface area (Å²) in [6, 6.07) is 0.581. The zero-order valence-electron chi connectivity index (χ0n) is 16.5. The molecule has 3 heteroatoms. The van der Waals surface area contributed by atoms with Crippen molar-refractivity contribution in [3.63, 3.8) is 0 Å². The van der Waals surface area contributed by atoms with Crippen molar-refractivity contribution in [3.8, 4) is 0 Å². The Morgan fingerprint density at radius 1 is 1.08 bits per heavy atom. The molecule has 0 bridgehead atoms. The summed E-state index contributed by atoms with van der Waals surface area (Å²) < 4.78 is 2.23. The second kappa shape index (κ2) is 10.2. The van der Waals surface area contributed by atoms with Crippen LogP contribution in [0.4, 0.5) is 0 Å². The Hall–Kier alpha value is -0.830. The Bertz CT molecular complexity index is 450. The monoisotopic (exact) mass is 333 g/mol. The van der Waals surface area contributed by atoms with Gasteiger partial charge in [-0.1, -0.05) is 59.8 Å². The van der Waals surface area contributed by atoms with Crippen LogP contribution in [0.15, 0.2) is 12.4 Å². The fraction of sp³-hybridized carbons (Fsp3) is 0.857. The van der Waals surface area contributed by atoms with Crippen LogP contribution in [0.25, 0.3) is 0 Å². The molecule has 1 aliphatic heterocycles. The van der Waals surface area contributed by atoms with E-state index in [-0.39, 0.29) is 0 Å². The van der Waals surface area contributed by atoms with E-state index in [0.717, 1.165) is 5.92 Å². The van der Waals surface area contributed by atoms with Crippen LogP contribution < -0.4 is 0 Å². The predicted molar refractivity (Wildman–Crippen MR) is 104 cm³/mol. The van der Waals surface area contributed by atoms with Crippen molar-refractivity contribution in [3.05, 3.63) is 18.0 Å². The Balaban J connectivity index is 1.64. The number of nitrogens with zero attached hydrogens (tertiary/aromatic N) is 3. The van der Waals surface area contributed by atoms with E-state index in [9.17, 15) is 0 Å². The highest BCUT2D eigenvalue weighted by molar-refractivity contribution is 5.09.